The van der Waals surface area contributed by atoms with Crippen LogP contribution in [0.15, 0.2) is 24.4 Å². The number of thiophene rings is 1. The van der Waals surface area contributed by atoms with E-state index in [4.69, 9.17) is 0 Å². The maximum atomic E-state index is 11.3. The number of nitrogens with zero attached hydrogens (tertiary/aromatic N) is 1. The van der Waals surface area contributed by atoms with Crippen molar-refractivity contribution in [3.05, 3.63) is 51.0 Å². The molecule has 1 unspecified atom stereocenters. The molecule has 0 aliphatic carbocycles. The molecule has 4 nitrogen and oxygen atoms in total. The van der Waals surface area contributed by atoms with Gasteiger partial charge in [-0.25, -0.2) is 4.79 Å². The van der Waals surface area contributed by atoms with Crippen LogP contribution in [0.4, 0.5) is 0 Å². The summed E-state index contributed by atoms with van der Waals surface area (Å²) in [6.07, 6.45) is 1.55. The van der Waals surface area contributed by atoms with E-state index >= 15 is 0 Å². The summed E-state index contributed by atoms with van der Waals surface area (Å²) in [5.41, 5.74) is 2.71. The van der Waals surface area contributed by atoms with E-state index in [2.05, 4.69) is 41.9 Å². The Morgan fingerprint density at radius 2 is 2.19 bits per heavy atom. The number of rotatable bonds is 5. The molecule has 2 heterocycles. The molecule has 112 valence electrons. The van der Waals surface area contributed by atoms with Gasteiger partial charge in [-0.15, -0.1) is 11.3 Å². The lowest BCUT2D eigenvalue weighted by Crippen LogP contribution is -2.19. The molecule has 0 bridgehead atoms. The van der Waals surface area contributed by atoms with Crippen molar-refractivity contribution < 1.29 is 9.53 Å². The first-order valence-electron chi connectivity index (χ1n) is 6.85. The van der Waals surface area contributed by atoms with E-state index in [1.807, 2.05) is 17.4 Å². The normalized spacial score (nSPS) is 12.2. The first-order chi connectivity index (χ1) is 10.0. The maximum absolute atomic E-state index is 11.3. The van der Waals surface area contributed by atoms with Crippen LogP contribution in [-0.4, -0.2) is 18.1 Å². The Kier molecular flexibility index (Phi) is 5.09. The lowest BCUT2D eigenvalue weighted by atomic mass is 10.1. The van der Waals surface area contributed by atoms with Crippen LogP contribution in [0.1, 0.15) is 44.3 Å². The van der Waals surface area contributed by atoms with E-state index in [-0.39, 0.29) is 12.0 Å². The van der Waals surface area contributed by atoms with Crippen LogP contribution in [0.2, 0.25) is 0 Å². The van der Waals surface area contributed by atoms with Crippen LogP contribution in [0, 0.1) is 13.8 Å². The van der Waals surface area contributed by atoms with Gasteiger partial charge < -0.3 is 10.1 Å². The molecule has 0 aromatic carbocycles. The van der Waals surface area contributed by atoms with Crippen molar-refractivity contribution in [3.8, 4) is 0 Å². The summed E-state index contributed by atoms with van der Waals surface area (Å²) in [5, 5.41) is 3.46. The molecule has 2 aromatic heterocycles. The second-order valence-electron chi connectivity index (χ2n) is 5.00. The zero-order valence-electron chi connectivity index (χ0n) is 12.8. The van der Waals surface area contributed by atoms with Crippen LogP contribution in [0.5, 0.6) is 0 Å². The van der Waals surface area contributed by atoms with Crippen molar-refractivity contribution in [3.63, 3.8) is 0 Å². The monoisotopic (exact) mass is 304 g/mol. The predicted octanol–water partition coefficient (Wildman–Crippen LogP) is 3.40. The molecule has 2 rings (SSSR count). The van der Waals surface area contributed by atoms with Gasteiger partial charge in [-0.05, 0) is 44.5 Å². The number of hydrogen-bond donors (Lipinski definition) is 1. The summed E-state index contributed by atoms with van der Waals surface area (Å²) in [5.74, 6) is -0.361. The molecule has 1 N–H and O–H groups in total. The fourth-order valence-corrected chi connectivity index (χ4v) is 3.24. The molecule has 0 spiro atoms. The van der Waals surface area contributed by atoms with Crippen LogP contribution in [0.25, 0.3) is 0 Å². The molecular weight excluding hydrogens is 284 g/mol. The number of esters is 1. The van der Waals surface area contributed by atoms with Crippen molar-refractivity contribution in [2.45, 2.75) is 33.4 Å². The van der Waals surface area contributed by atoms with Crippen molar-refractivity contribution in [1.29, 1.82) is 0 Å². The highest BCUT2D eigenvalue weighted by molar-refractivity contribution is 7.12. The number of carbonyl (C=O) groups is 1. The van der Waals surface area contributed by atoms with Crippen LogP contribution >= 0.6 is 11.3 Å². The zero-order valence-corrected chi connectivity index (χ0v) is 13.6. The molecule has 5 heteroatoms. The highest BCUT2D eigenvalue weighted by Crippen LogP contribution is 2.26. The smallest absolute Gasteiger partial charge is 0.339 e. The first kappa shape index (κ1) is 15.7. The standard InChI is InChI=1S/C16H20N2O2S/c1-10-7-15(12(3)21-10)11(2)17-9-14-6-5-13(8-18-14)16(19)20-4/h5-8,11,17H,9H2,1-4H3. The number of carbonyl (C=O) groups excluding carboxylic acids is 1. The molecule has 0 aliphatic heterocycles. The van der Waals surface area contributed by atoms with E-state index in [9.17, 15) is 4.79 Å². The molecular formula is C16H20N2O2S. The Hall–Kier alpha value is -1.72. The van der Waals surface area contributed by atoms with Gasteiger partial charge in [0.15, 0.2) is 0 Å². The molecule has 1 atom stereocenters. The molecule has 0 radical (unpaired) electrons. The molecule has 2 aromatic rings. The van der Waals surface area contributed by atoms with Crippen LogP contribution in [0.3, 0.4) is 0 Å². The SMILES string of the molecule is COC(=O)c1ccc(CNC(C)c2cc(C)sc2C)nc1. The first-order valence-corrected chi connectivity index (χ1v) is 7.66. The number of pyridine rings is 1. The van der Waals surface area contributed by atoms with Gasteiger partial charge in [-0.1, -0.05) is 0 Å². The predicted molar refractivity (Wildman–Crippen MR) is 84.6 cm³/mol. The van der Waals surface area contributed by atoms with Crippen LogP contribution in [-0.2, 0) is 11.3 Å². The van der Waals surface area contributed by atoms with Gasteiger partial charge in [0.25, 0.3) is 0 Å². The average molecular weight is 304 g/mol. The lowest BCUT2D eigenvalue weighted by Gasteiger charge is -2.13. The number of aromatic nitrogens is 1. The van der Waals surface area contributed by atoms with Gasteiger partial charge in [-0.3, -0.25) is 4.98 Å². The van der Waals surface area contributed by atoms with Gasteiger partial charge in [0.2, 0.25) is 0 Å². The minimum atomic E-state index is -0.361. The molecule has 0 saturated carbocycles. The van der Waals surface area contributed by atoms with Gasteiger partial charge in [-0.2, -0.15) is 0 Å². The van der Waals surface area contributed by atoms with E-state index in [0.717, 1.165) is 5.69 Å². The molecule has 0 aliphatic rings. The van der Waals surface area contributed by atoms with E-state index < -0.39 is 0 Å². The minimum Gasteiger partial charge on any atom is -0.465 e. The molecule has 0 fully saturated rings. The summed E-state index contributed by atoms with van der Waals surface area (Å²) < 4.78 is 4.65. The molecule has 21 heavy (non-hydrogen) atoms. The van der Waals surface area contributed by atoms with E-state index in [1.54, 1.807) is 12.3 Å². The maximum Gasteiger partial charge on any atom is 0.339 e. The number of hydrogen-bond acceptors (Lipinski definition) is 5. The number of aryl methyl sites for hydroxylation is 2. The fraction of sp³-hybridized carbons (Fsp3) is 0.375. The second kappa shape index (κ2) is 6.83. The van der Waals surface area contributed by atoms with Crippen molar-refractivity contribution in [2.75, 3.05) is 7.11 Å². The average Bonchev–Trinajstić information content (AvgIpc) is 2.83. The van der Waals surface area contributed by atoms with E-state index in [0.29, 0.717) is 12.1 Å². The highest BCUT2D eigenvalue weighted by Gasteiger charge is 2.11. The third-order valence-electron chi connectivity index (χ3n) is 3.38. The quantitative estimate of drug-likeness (QED) is 0.860. The zero-order chi connectivity index (χ0) is 15.4. The highest BCUT2D eigenvalue weighted by atomic mass is 32.1. The third kappa shape index (κ3) is 3.89. The summed E-state index contributed by atoms with van der Waals surface area (Å²) in [6, 6.07) is 6.08. The number of nitrogens with one attached hydrogen (secondary N) is 1. The van der Waals surface area contributed by atoms with Gasteiger partial charge in [0.1, 0.15) is 0 Å². The molecule has 0 amide bonds. The number of methoxy groups -OCH3 is 1. The summed E-state index contributed by atoms with van der Waals surface area (Å²) in [6.45, 7) is 7.09. The third-order valence-corrected chi connectivity index (χ3v) is 4.36. The van der Waals surface area contributed by atoms with Crippen molar-refractivity contribution >= 4 is 17.3 Å². The molecule has 0 saturated heterocycles. The summed E-state index contributed by atoms with van der Waals surface area (Å²) in [4.78, 5) is 18.3. The van der Waals surface area contributed by atoms with Gasteiger partial charge in [0, 0.05) is 28.5 Å². The Morgan fingerprint density at radius 3 is 2.71 bits per heavy atom. The Balaban J connectivity index is 1.96. The summed E-state index contributed by atoms with van der Waals surface area (Å²) in [7, 11) is 1.37. The van der Waals surface area contributed by atoms with Crippen molar-refractivity contribution in [1.82, 2.24) is 10.3 Å². The second-order valence-corrected chi connectivity index (χ2v) is 6.46. The van der Waals surface area contributed by atoms with E-state index in [1.165, 1.54) is 22.4 Å². The van der Waals surface area contributed by atoms with Crippen molar-refractivity contribution in [2.24, 2.45) is 0 Å². The van der Waals surface area contributed by atoms with Gasteiger partial charge in [0.05, 0.1) is 18.4 Å². The number of ether oxygens (including phenoxy) is 1. The Labute approximate surface area is 129 Å². The largest absolute Gasteiger partial charge is 0.465 e. The van der Waals surface area contributed by atoms with Gasteiger partial charge >= 0.3 is 5.97 Å². The Morgan fingerprint density at radius 1 is 1.43 bits per heavy atom. The summed E-state index contributed by atoms with van der Waals surface area (Å²) >= 11 is 1.82. The Bertz CT molecular complexity index is 620. The fourth-order valence-electron chi connectivity index (χ4n) is 2.22. The minimum absolute atomic E-state index is 0.275. The topological polar surface area (TPSA) is 51.2 Å². The lowest BCUT2D eigenvalue weighted by molar-refractivity contribution is 0.0600. The van der Waals surface area contributed by atoms with Crippen LogP contribution < -0.4 is 5.32 Å².